The summed E-state index contributed by atoms with van der Waals surface area (Å²) in [6.07, 6.45) is 3.12. The number of amides is 1. The van der Waals surface area contributed by atoms with Gasteiger partial charge in [0, 0.05) is 32.1 Å². The Balaban J connectivity index is 2.03. The van der Waals surface area contributed by atoms with E-state index in [1.807, 2.05) is 0 Å². The van der Waals surface area contributed by atoms with Crippen LogP contribution in [0.4, 0.5) is 5.69 Å². The Morgan fingerprint density at radius 3 is 3.00 bits per heavy atom. The molecular weight excluding hydrogens is 234 g/mol. The predicted octanol–water partition coefficient (Wildman–Crippen LogP) is 0.745. The van der Waals surface area contributed by atoms with Gasteiger partial charge in [0.15, 0.2) is 5.82 Å². The van der Waals surface area contributed by atoms with Crippen molar-refractivity contribution in [2.75, 3.05) is 12.4 Å². The van der Waals surface area contributed by atoms with E-state index in [4.69, 9.17) is 4.52 Å². The number of aryl methyl sites for hydroxylation is 1. The van der Waals surface area contributed by atoms with Crippen molar-refractivity contribution in [3.63, 3.8) is 0 Å². The number of carbonyl (C=O) groups is 1. The maximum absolute atomic E-state index is 11.9. The Bertz CT molecular complexity index is 552. The topological polar surface area (TPSA) is 92.9 Å². The molecule has 7 nitrogen and oxygen atoms in total. The maximum atomic E-state index is 11.9. The zero-order valence-corrected chi connectivity index (χ0v) is 10.1. The van der Waals surface area contributed by atoms with Crippen LogP contribution >= 0.6 is 0 Å². The quantitative estimate of drug-likeness (QED) is 0.828. The molecule has 0 atom stereocenters. The van der Waals surface area contributed by atoms with E-state index in [2.05, 4.69) is 25.8 Å². The Hall–Kier alpha value is -2.44. The highest BCUT2D eigenvalue weighted by Gasteiger charge is 2.11. The lowest BCUT2D eigenvalue weighted by atomic mass is 10.2. The highest BCUT2D eigenvalue weighted by Crippen LogP contribution is 2.12. The molecule has 0 radical (unpaired) electrons. The molecule has 0 aliphatic rings. The zero-order chi connectivity index (χ0) is 13.0. The Morgan fingerprint density at radius 1 is 1.50 bits per heavy atom. The van der Waals surface area contributed by atoms with Crippen molar-refractivity contribution in [1.82, 2.24) is 20.4 Å². The number of carbonyl (C=O) groups excluding carboxylic acids is 1. The van der Waals surface area contributed by atoms with E-state index in [1.165, 1.54) is 6.20 Å². The highest BCUT2D eigenvalue weighted by molar-refractivity contribution is 5.99. The van der Waals surface area contributed by atoms with Gasteiger partial charge < -0.3 is 15.2 Å². The SMILES string of the molecule is CNc1ccncc1C(=O)NCc1noc(C)n1. The fraction of sp³-hybridized carbons (Fsp3) is 0.273. The summed E-state index contributed by atoms with van der Waals surface area (Å²) in [5.74, 6) is 0.669. The number of nitrogens with zero attached hydrogens (tertiary/aromatic N) is 3. The van der Waals surface area contributed by atoms with Gasteiger partial charge in [-0.3, -0.25) is 9.78 Å². The van der Waals surface area contributed by atoms with Crippen molar-refractivity contribution >= 4 is 11.6 Å². The molecule has 0 aromatic carbocycles. The summed E-state index contributed by atoms with van der Waals surface area (Å²) in [5.41, 5.74) is 1.19. The number of hydrogen-bond acceptors (Lipinski definition) is 6. The van der Waals surface area contributed by atoms with Gasteiger partial charge in [0.25, 0.3) is 5.91 Å². The first-order valence-electron chi connectivity index (χ1n) is 5.40. The van der Waals surface area contributed by atoms with E-state index >= 15 is 0 Å². The molecule has 0 aliphatic heterocycles. The average molecular weight is 247 g/mol. The number of nitrogens with one attached hydrogen (secondary N) is 2. The van der Waals surface area contributed by atoms with E-state index < -0.39 is 0 Å². The summed E-state index contributed by atoms with van der Waals surface area (Å²) in [6, 6.07) is 1.73. The third kappa shape index (κ3) is 2.62. The first-order chi connectivity index (χ1) is 8.70. The molecule has 2 heterocycles. The van der Waals surface area contributed by atoms with Crippen LogP contribution in [0.25, 0.3) is 0 Å². The third-order valence-electron chi connectivity index (χ3n) is 2.31. The lowest BCUT2D eigenvalue weighted by Gasteiger charge is -2.07. The van der Waals surface area contributed by atoms with Gasteiger partial charge in [0.1, 0.15) is 0 Å². The predicted molar refractivity (Wildman–Crippen MR) is 64.0 cm³/mol. The average Bonchev–Trinajstić information content (AvgIpc) is 2.81. The van der Waals surface area contributed by atoms with Crippen LogP contribution in [0.15, 0.2) is 23.0 Å². The summed E-state index contributed by atoms with van der Waals surface area (Å²) in [7, 11) is 1.74. The molecule has 0 aliphatic carbocycles. The summed E-state index contributed by atoms with van der Waals surface area (Å²) < 4.78 is 4.81. The molecule has 2 N–H and O–H groups in total. The molecule has 2 rings (SSSR count). The molecule has 0 bridgehead atoms. The normalized spacial score (nSPS) is 10.1. The standard InChI is InChI=1S/C11H13N5O2/c1-7-15-10(16-18-7)6-14-11(17)8-5-13-4-3-9(8)12-2/h3-5H,6H2,1-2H3,(H,12,13)(H,14,17). The van der Waals surface area contributed by atoms with Gasteiger partial charge in [-0.25, -0.2) is 0 Å². The second-order valence-corrected chi connectivity index (χ2v) is 3.58. The number of pyridine rings is 1. The molecule has 18 heavy (non-hydrogen) atoms. The van der Waals surface area contributed by atoms with Crippen LogP contribution < -0.4 is 10.6 Å². The van der Waals surface area contributed by atoms with Crippen LogP contribution in [0.5, 0.6) is 0 Å². The summed E-state index contributed by atoms with van der Waals surface area (Å²) in [5, 5.41) is 9.32. The lowest BCUT2D eigenvalue weighted by Crippen LogP contribution is -2.24. The number of aromatic nitrogens is 3. The van der Waals surface area contributed by atoms with Gasteiger partial charge >= 0.3 is 0 Å². The molecule has 2 aromatic heterocycles. The second-order valence-electron chi connectivity index (χ2n) is 3.58. The maximum Gasteiger partial charge on any atom is 0.255 e. The number of hydrogen-bond donors (Lipinski definition) is 2. The molecule has 0 saturated carbocycles. The van der Waals surface area contributed by atoms with Crippen molar-refractivity contribution in [3.8, 4) is 0 Å². The van der Waals surface area contributed by atoms with E-state index in [0.717, 1.165) is 0 Å². The van der Waals surface area contributed by atoms with Crippen LogP contribution in [0, 0.1) is 6.92 Å². The van der Waals surface area contributed by atoms with Gasteiger partial charge in [-0.05, 0) is 6.07 Å². The minimum Gasteiger partial charge on any atom is -0.387 e. The molecule has 2 aromatic rings. The smallest absolute Gasteiger partial charge is 0.255 e. The molecule has 0 unspecified atom stereocenters. The molecule has 1 amide bonds. The Morgan fingerprint density at radius 2 is 2.33 bits per heavy atom. The fourth-order valence-electron chi connectivity index (χ4n) is 1.46. The van der Waals surface area contributed by atoms with Crippen molar-refractivity contribution in [2.45, 2.75) is 13.5 Å². The van der Waals surface area contributed by atoms with Crippen molar-refractivity contribution < 1.29 is 9.32 Å². The third-order valence-corrected chi connectivity index (χ3v) is 2.31. The van der Waals surface area contributed by atoms with Gasteiger partial charge in [-0.15, -0.1) is 0 Å². The van der Waals surface area contributed by atoms with Crippen LogP contribution in [-0.2, 0) is 6.54 Å². The fourth-order valence-corrected chi connectivity index (χ4v) is 1.46. The lowest BCUT2D eigenvalue weighted by molar-refractivity contribution is 0.0950. The van der Waals surface area contributed by atoms with E-state index in [1.54, 1.807) is 26.2 Å². The number of anilines is 1. The van der Waals surface area contributed by atoms with Gasteiger partial charge in [-0.1, -0.05) is 5.16 Å². The Kier molecular flexibility index (Phi) is 3.52. The summed E-state index contributed by atoms with van der Waals surface area (Å²) >= 11 is 0. The van der Waals surface area contributed by atoms with Gasteiger partial charge in [0.05, 0.1) is 12.1 Å². The summed E-state index contributed by atoms with van der Waals surface area (Å²) in [4.78, 5) is 19.8. The molecule has 0 spiro atoms. The van der Waals surface area contributed by atoms with Crippen LogP contribution in [0.3, 0.4) is 0 Å². The second kappa shape index (κ2) is 5.26. The highest BCUT2D eigenvalue weighted by atomic mass is 16.5. The molecule has 0 saturated heterocycles. The molecular formula is C11H13N5O2. The van der Waals surface area contributed by atoms with Crippen molar-refractivity contribution in [2.24, 2.45) is 0 Å². The van der Waals surface area contributed by atoms with Crippen LogP contribution in [0.2, 0.25) is 0 Å². The Labute approximate surface area is 104 Å². The van der Waals surface area contributed by atoms with Crippen molar-refractivity contribution in [1.29, 1.82) is 0 Å². The van der Waals surface area contributed by atoms with Crippen LogP contribution in [0.1, 0.15) is 22.1 Å². The van der Waals surface area contributed by atoms with E-state index in [-0.39, 0.29) is 12.5 Å². The number of rotatable bonds is 4. The minimum absolute atomic E-state index is 0.216. The monoisotopic (exact) mass is 247 g/mol. The molecule has 94 valence electrons. The summed E-state index contributed by atoms with van der Waals surface area (Å²) in [6.45, 7) is 1.91. The first-order valence-corrected chi connectivity index (χ1v) is 5.40. The van der Waals surface area contributed by atoms with Crippen molar-refractivity contribution in [3.05, 3.63) is 35.7 Å². The van der Waals surface area contributed by atoms with Gasteiger partial charge in [0.2, 0.25) is 5.89 Å². The van der Waals surface area contributed by atoms with Crippen LogP contribution in [-0.4, -0.2) is 28.1 Å². The molecule has 7 heteroatoms. The van der Waals surface area contributed by atoms with E-state index in [0.29, 0.717) is 23.0 Å². The molecule has 0 fully saturated rings. The van der Waals surface area contributed by atoms with Gasteiger partial charge in [-0.2, -0.15) is 4.98 Å². The first kappa shape index (κ1) is 12.0. The largest absolute Gasteiger partial charge is 0.387 e. The minimum atomic E-state index is -0.241. The van der Waals surface area contributed by atoms with E-state index in [9.17, 15) is 4.79 Å². The zero-order valence-electron chi connectivity index (χ0n) is 10.1.